The summed E-state index contributed by atoms with van der Waals surface area (Å²) >= 11 is 0. The Labute approximate surface area is 203 Å². The molecule has 0 aliphatic heterocycles. The summed E-state index contributed by atoms with van der Waals surface area (Å²) in [6.07, 6.45) is 6.04. The predicted octanol–water partition coefficient (Wildman–Crippen LogP) is 4.95. The molecular weight excluding hydrogens is 428 g/mol. The smallest absolute Gasteiger partial charge is 0.261 e. The average molecular weight is 467 g/mol. The zero-order valence-corrected chi connectivity index (χ0v) is 20.9. The Morgan fingerprint density at radius 3 is 2.41 bits per heavy atom. The van der Waals surface area contributed by atoms with Crippen LogP contribution in [0.2, 0.25) is 0 Å². The summed E-state index contributed by atoms with van der Waals surface area (Å²) in [5, 5.41) is 3.21. The van der Waals surface area contributed by atoms with Gasteiger partial charge in [0.05, 0.1) is 7.11 Å². The first-order valence-electron chi connectivity index (χ1n) is 12.3. The van der Waals surface area contributed by atoms with E-state index in [4.69, 9.17) is 9.47 Å². The van der Waals surface area contributed by atoms with E-state index < -0.39 is 6.04 Å². The fraction of sp³-hybridized carbons (Fsp3) is 0.500. The summed E-state index contributed by atoms with van der Waals surface area (Å²) < 4.78 is 11.2. The van der Waals surface area contributed by atoms with E-state index >= 15 is 0 Å². The zero-order chi connectivity index (χ0) is 24.5. The molecule has 0 radical (unpaired) electrons. The van der Waals surface area contributed by atoms with Crippen LogP contribution in [-0.4, -0.2) is 42.5 Å². The number of ether oxygens (including phenoxy) is 2. The van der Waals surface area contributed by atoms with Crippen LogP contribution in [0.1, 0.15) is 62.1 Å². The zero-order valence-electron chi connectivity index (χ0n) is 20.9. The van der Waals surface area contributed by atoms with Crippen LogP contribution in [0, 0.1) is 13.8 Å². The van der Waals surface area contributed by atoms with Crippen molar-refractivity contribution in [3.8, 4) is 11.5 Å². The lowest BCUT2D eigenvalue weighted by Crippen LogP contribution is -2.52. The van der Waals surface area contributed by atoms with Crippen molar-refractivity contribution in [1.82, 2.24) is 10.2 Å². The highest BCUT2D eigenvalue weighted by atomic mass is 16.5. The van der Waals surface area contributed by atoms with Gasteiger partial charge in [0.15, 0.2) is 6.61 Å². The Morgan fingerprint density at radius 1 is 1.06 bits per heavy atom. The Kier molecular flexibility index (Phi) is 9.37. The molecule has 3 rings (SSSR count). The summed E-state index contributed by atoms with van der Waals surface area (Å²) in [4.78, 5) is 28.4. The number of nitrogens with one attached hydrogen (secondary N) is 1. The fourth-order valence-electron chi connectivity index (χ4n) is 4.49. The first-order valence-corrected chi connectivity index (χ1v) is 12.3. The van der Waals surface area contributed by atoms with Gasteiger partial charge in [-0.3, -0.25) is 9.59 Å². The molecule has 6 nitrogen and oxygen atoms in total. The normalized spacial score (nSPS) is 14.8. The third-order valence-corrected chi connectivity index (χ3v) is 6.76. The third-order valence-electron chi connectivity index (χ3n) is 6.76. The molecule has 0 saturated heterocycles. The van der Waals surface area contributed by atoms with Crippen LogP contribution in [0.4, 0.5) is 0 Å². The van der Waals surface area contributed by atoms with Crippen molar-refractivity contribution in [2.24, 2.45) is 0 Å². The first-order chi connectivity index (χ1) is 16.4. The molecule has 1 atom stereocenters. The second-order valence-electron chi connectivity index (χ2n) is 9.12. The van der Waals surface area contributed by atoms with Crippen molar-refractivity contribution in [1.29, 1.82) is 0 Å². The van der Waals surface area contributed by atoms with E-state index in [2.05, 4.69) is 5.32 Å². The first kappa shape index (κ1) is 25.6. The third kappa shape index (κ3) is 6.75. The summed E-state index contributed by atoms with van der Waals surface area (Å²) in [5.74, 6) is 1.16. The maximum absolute atomic E-state index is 13.4. The molecule has 1 fully saturated rings. The van der Waals surface area contributed by atoms with E-state index in [1.54, 1.807) is 12.0 Å². The van der Waals surface area contributed by atoms with Gasteiger partial charge >= 0.3 is 0 Å². The lowest BCUT2D eigenvalue weighted by atomic mass is 9.95. The van der Waals surface area contributed by atoms with Gasteiger partial charge in [-0.2, -0.15) is 0 Å². The van der Waals surface area contributed by atoms with Crippen LogP contribution in [0.15, 0.2) is 42.5 Å². The second-order valence-corrected chi connectivity index (χ2v) is 9.12. The number of hydrogen-bond acceptors (Lipinski definition) is 4. The van der Waals surface area contributed by atoms with Crippen LogP contribution in [0.3, 0.4) is 0 Å². The molecule has 6 heteroatoms. The van der Waals surface area contributed by atoms with E-state index in [1.807, 2.05) is 63.2 Å². The van der Waals surface area contributed by atoms with Crippen molar-refractivity contribution in [3.05, 3.63) is 59.2 Å². The molecule has 184 valence electrons. The van der Waals surface area contributed by atoms with Crippen LogP contribution in [-0.2, 0) is 16.1 Å². The molecule has 0 aromatic heterocycles. The average Bonchev–Trinajstić information content (AvgIpc) is 2.85. The highest BCUT2D eigenvalue weighted by Crippen LogP contribution is 2.22. The maximum atomic E-state index is 13.4. The van der Waals surface area contributed by atoms with Crippen molar-refractivity contribution < 1.29 is 19.1 Å². The van der Waals surface area contributed by atoms with Crippen molar-refractivity contribution in [3.63, 3.8) is 0 Å². The van der Waals surface area contributed by atoms with Gasteiger partial charge in [-0.15, -0.1) is 0 Å². The van der Waals surface area contributed by atoms with Gasteiger partial charge in [0.25, 0.3) is 5.91 Å². The lowest BCUT2D eigenvalue weighted by Gasteiger charge is -2.32. The predicted molar refractivity (Wildman–Crippen MR) is 134 cm³/mol. The van der Waals surface area contributed by atoms with Gasteiger partial charge in [-0.25, -0.2) is 0 Å². The fourth-order valence-corrected chi connectivity index (χ4v) is 4.49. The quantitative estimate of drug-likeness (QED) is 0.538. The lowest BCUT2D eigenvalue weighted by molar-refractivity contribution is -0.143. The van der Waals surface area contributed by atoms with Crippen molar-refractivity contribution in [2.75, 3.05) is 13.7 Å². The summed E-state index contributed by atoms with van der Waals surface area (Å²) in [6.45, 7) is 6.16. The Hall–Kier alpha value is -3.02. The molecular formula is C28H38N2O4. The highest BCUT2D eigenvalue weighted by molar-refractivity contribution is 5.88. The standard InChI is InChI=1S/C28H38N2O4/c1-5-25(28(32)29-23-11-7-6-8-12-23)30(18-22-14-16-24(33-4)17-15-22)27(31)19-34-26-13-9-10-20(2)21(26)3/h9-10,13-17,23,25H,5-8,11-12,18-19H2,1-4H3,(H,29,32)/t25-/m0/s1. The second kappa shape index (κ2) is 12.4. The monoisotopic (exact) mass is 466 g/mol. The van der Waals surface area contributed by atoms with E-state index in [0.29, 0.717) is 18.7 Å². The number of amides is 2. The summed E-state index contributed by atoms with van der Waals surface area (Å²) in [5.41, 5.74) is 3.06. The Balaban J connectivity index is 1.77. The largest absolute Gasteiger partial charge is 0.497 e. The SMILES string of the molecule is CC[C@@H](C(=O)NC1CCCCC1)N(Cc1ccc(OC)cc1)C(=O)COc1cccc(C)c1C. The molecule has 1 aliphatic rings. The Bertz CT molecular complexity index is 951. The van der Waals surface area contributed by atoms with Gasteiger partial charge in [-0.1, -0.05) is 50.5 Å². The molecule has 2 aromatic carbocycles. The molecule has 2 amide bonds. The minimum atomic E-state index is -0.557. The topological polar surface area (TPSA) is 67.9 Å². The summed E-state index contributed by atoms with van der Waals surface area (Å²) in [6, 6.07) is 13.0. The Morgan fingerprint density at radius 2 is 1.76 bits per heavy atom. The molecule has 0 unspecified atom stereocenters. The molecule has 1 saturated carbocycles. The van der Waals surface area contributed by atoms with Gasteiger partial charge in [0.2, 0.25) is 5.91 Å². The van der Waals surface area contributed by atoms with Crippen molar-refractivity contribution >= 4 is 11.8 Å². The molecule has 0 heterocycles. The van der Waals surface area contributed by atoms with Crippen LogP contribution in [0.5, 0.6) is 11.5 Å². The number of carbonyl (C=O) groups is 2. The van der Waals surface area contributed by atoms with Gasteiger partial charge < -0.3 is 19.7 Å². The summed E-state index contributed by atoms with van der Waals surface area (Å²) in [7, 11) is 1.62. The molecule has 0 spiro atoms. The van der Waals surface area contributed by atoms with Gasteiger partial charge in [-0.05, 0) is 68.0 Å². The van der Waals surface area contributed by atoms with Crippen LogP contribution in [0.25, 0.3) is 0 Å². The minimum Gasteiger partial charge on any atom is -0.497 e. The van der Waals surface area contributed by atoms with E-state index in [0.717, 1.165) is 48.1 Å². The molecule has 1 N–H and O–H groups in total. The number of hydrogen-bond donors (Lipinski definition) is 1. The number of aryl methyl sites for hydroxylation is 1. The van der Waals surface area contributed by atoms with Crippen molar-refractivity contribution in [2.45, 2.75) is 77.9 Å². The van der Waals surface area contributed by atoms with Gasteiger partial charge in [0.1, 0.15) is 17.5 Å². The number of methoxy groups -OCH3 is 1. The number of benzene rings is 2. The number of nitrogens with zero attached hydrogens (tertiary/aromatic N) is 1. The number of carbonyl (C=O) groups excluding carboxylic acids is 2. The van der Waals surface area contributed by atoms with E-state index in [1.165, 1.54) is 6.42 Å². The molecule has 34 heavy (non-hydrogen) atoms. The van der Waals surface area contributed by atoms with Crippen LogP contribution >= 0.6 is 0 Å². The molecule has 0 bridgehead atoms. The minimum absolute atomic E-state index is 0.0806. The maximum Gasteiger partial charge on any atom is 0.261 e. The molecule has 1 aliphatic carbocycles. The number of rotatable bonds is 10. The van der Waals surface area contributed by atoms with Gasteiger partial charge in [0, 0.05) is 12.6 Å². The highest BCUT2D eigenvalue weighted by Gasteiger charge is 2.30. The molecule has 2 aromatic rings. The van der Waals surface area contributed by atoms with Crippen LogP contribution < -0.4 is 14.8 Å². The van der Waals surface area contributed by atoms with E-state index in [9.17, 15) is 9.59 Å². The van der Waals surface area contributed by atoms with E-state index in [-0.39, 0.29) is 24.5 Å².